The van der Waals surface area contributed by atoms with Crippen molar-refractivity contribution in [3.05, 3.63) is 0 Å². The highest BCUT2D eigenvalue weighted by Gasteiger charge is 2.26. The fraction of sp³-hybridized carbons (Fsp3) is 0.938. The fourth-order valence-corrected chi connectivity index (χ4v) is 2.85. The van der Waals surface area contributed by atoms with Crippen molar-refractivity contribution in [3.63, 3.8) is 0 Å². The van der Waals surface area contributed by atoms with Crippen LogP contribution in [0.5, 0.6) is 0 Å². The van der Waals surface area contributed by atoms with Gasteiger partial charge in [0, 0.05) is 26.2 Å². The summed E-state index contributed by atoms with van der Waals surface area (Å²) in [7, 11) is 0. The number of nitrogens with one attached hydrogen (secondary N) is 1. The highest BCUT2D eigenvalue weighted by Crippen LogP contribution is 2.14. The van der Waals surface area contributed by atoms with Crippen LogP contribution in [0.15, 0.2) is 0 Å². The zero-order valence-corrected chi connectivity index (χ0v) is 16.3. The van der Waals surface area contributed by atoms with Gasteiger partial charge in [0.15, 0.2) is 0 Å². The monoisotopic (exact) mass is 355 g/mol. The van der Waals surface area contributed by atoms with Crippen molar-refractivity contribution in [1.29, 1.82) is 0 Å². The Hall–Kier alpha value is -0.0300. The lowest BCUT2D eigenvalue weighted by Crippen LogP contribution is -2.46. The lowest BCUT2D eigenvalue weighted by Gasteiger charge is -2.32. The van der Waals surface area contributed by atoms with Crippen LogP contribution in [0.2, 0.25) is 0 Å². The lowest BCUT2D eigenvalue weighted by molar-refractivity contribution is -0.136. The van der Waals surface area contributed by atoms with Crippen LogP contribution in [0, 0.1) is 11.8 Å². The van der Waals surface area contributed by atoms with E-state index in [4.69, 9.17) is 0 Å². The van der Waals surface area contributed by atoms with E-state index in [-0.39, 0.29) is 30.7 Å². The van der Waals surface area contributed by atoms with E-state index in [0.717, 1.165) is 58.7 Å². The Morgan fingerprint density at radius 1 is 1.18 bits per heavy atom. The summed E-state index contributed by atoms with van der Waals surface area (Å²) >= 11 is 0. The van der Waals surface area contributed by atoms with Gasteiger partial charge in [-0.1, -0.05) is 27.7 Å². The minimum absolute atomic E-state index is 0. The molecular formula is C16H35Cl2N3O. The van der Waals surface area contributed by atoms with Gasteiger partial charge in [0.25, 0.3) is 0 Å². The second kappa shape index (κ2) is 13.4. The summed E-state index contributed by atoms with van der Waals surface area (Å²) in [5.41, 5.74) is 0. The van der Waals surface area contributed by atoms with E-state index in [9.17, 15) is 4.79 Å². The average molecular weight is 356 g/mol. The Bertz CT molecular complexity index is 281. The van der Waals surface area contributed by atoms with Crippen LogP contribution < -0.4 is 5.32 Å². The molecule has 0 aliphatic carbocycles. The molecule has 0 aromatic heterocycles. The van der Waals surface area contributed by atoms with Crippen molar-refractivity contribution in [2.75, 3.05) is 45.8 Å². The lowest BCUT2D eigenvalue weighted by atomic mass is 9.97. The average Bonchev–Trinajstić information content (AvgIpc) is 2.46. The van der Waals surface area contributed by atoms with Crippen LogP contribution in [-0.4, -0.2) is 61.5 Å². The van der Waals surface area contributed by atoms with Crippen LogP contribution in [-0.2, 0) is 4.79 Å². The highest BCUT2D eigenvalue weighted by atomic mass is 35.5. The van der Waals surface area contributed by atoms with Crippen molar-refractivity contribution in [2.45, 2.75) is 40.5 Å². The number of piperidine rings is 1. The summed E-state index contributed by atoms with van der Waals surface area (Å²) in [6.07, 6.45) is 2.17. The summed E-state index contributed by atoms with van der Waals surface area (Å²) < 4.78 is 0. The number of hydrogen-bond acceptors (Lipinski definition) is 3. The van der Waals surface area contributed by atoms with E-state index < -0.39 is 0 Å². The van der Waals surface area contributed by atoms with Crippen LogP contribution >= 0.6 is 24.8 Å². The maximum atomic E-state index is 12.7. The molecule has 0 aromatic carbocycles. The van der Waals surface area contributed by atoms with Gasteiger partial charge in [0.05, 0.1) is 5.92 Å². The van der Waals surface area contributed by atoms with Gasteiger partial charge in [-0.15, -0.1) is 24.8 Å². The maximum Gasteiger partial charge on any atom is 0.227 e. The molecule has 1 atom stereocenters. The van der Waals surface area contributed by atoms with Crippen molar-refractivity contribution in [3.8, 4) is 0 Å². The molecule has 134 valence electrons. The zero-order valence-electron chi connectivity index (χ0n) is 14.6. The number of amides is 1. The largest absolute Gasteiger partial charge is 0.341 e. The minimum Gasteiger partial charge on any atom is -0.341 e. The summed E-state index contributed by atoms with van der Waals surface area (Å²) in [5.74, 6) is 1.09. The summed E-state index contributed by atoms with van der Waals surface area (Å²) in [5, 5.41) is 3.35. The van der Waals surface area contributed by atoms with Crippen molar-refractivity contribution in [2.24, 2.45) is 11.8 Å². The molecule has 1 aliphatic heterocycles. The first-order chi connectivity index (χ1) is 9.58. The van der Waals surface area contributed by atoms with Gasteiger partial charge < -0.3 is 15.1 Å². The fourth-order valence-electron chi connectivity index (χ4n) is 2.85. The number of nitrogens with zero attached hydrogens (tertiary/aromatic N) is 2. The third-order valence-corrected chi connectivity index (χ3v) is 4.12. The molecule has 0 unspecified atom stereocenters. The van der Waals surface area contributed by atoms with Crippen molar-refractivity contribution in [1.82, 2.24) is 15.1 Å². The maximum absolute atomic E-state index is 12.7. The molecule has 6 heteroatoms. The Balaban J connectivity index is 0. The van der Waals surface area contributed by atoms with Gasteiger partial charge >= 0.3 is 0 Å². The Morgan fingerprint density at radius 2 is 1.82 bits per heavy atom. The second-order valence-electron chi connectivity index (χ2n) is 6.25. The molecule has 1 fully saturated rings. The van der Waals surface area contributed by atoms with E-state index in [1.165, 1.54) is 0 Å². The normalized spacial score (nSPS) is 17.8. The number of carbonyl (C=O) groups excluding carboxylic acids is 1. The Labute approximate surface area is 149 Å². The molecule has 0 spiro atoms. The number of hydrogen-bond donors (Lipinski definition) is 1. The molecule has 4 nitrogen and oxygen atoms in total. The van der Waals surface area contributed by atoms with Crippen LogP contribution in [0.25, 0.3) is 0 Å². The Kier molecular flexibility index (Phi) is 14.8. The number of likely N-dealkylation sites (N-methyl/N-ethyl adjacent to an activating group) is 1. The van der Waals surface area contributed by atoms with Gasteiger partial charge in [0.1, 0.15) is 0 Å². The molecule has 1 amide bonds. The van der Waals surface area contributed by atoms with Gasteiger partial charge in [0.2, 0.25) is 5.91 Å². The first kappa shape index (κ1) is 24.2. The van der Waals surface area contributed by atoms with Crippen LogP contribution in [0.1, 0.15) is 40.5 Å². The second-order valence-corrected chi connectivity index (χ2v) is 6.25. The topological polar surface area (TPSA) is 35.6 Å². The van der Waals surface area contributed by atoms with E-state index in [1.54, 1.807) is 0 Å². The minimum atomic E-state index is 0. The third-order valence-electron chi connectivity index (χ3n) is 4.12. The number of halogens is 2. The SMILES string of the molecule is CCN(CC)CCN(CC(C)C)C(=O)[C@@H]1CCCNC1.Cl.Cl. The standard InChI is InChI=1S/C16H33N3O.2ClH/c1-5-18(6-2)10-11-19(13-14(3)4)16(20)15-8-7-9-17-12-15;;/h14-15,17H,5-13H2,1-4H3;2*1H/t15-;;/m1../s1. The molecule has 0 aromatic rings. The van der Waals surface area contributed by atoms with Gasteiger partial charge in [-0.25, -0.2) is 0 Å². The first-order valence-corrected chi connectivity index (χ1v) is 8.30. The third kappa shape index (κ3) is 8.56. The van der Waals surface area contributed by atoms with Crippen LogP contribution in [0.4, 0.5) is 0 Å². The molecule has 22 heavy (non-hydrogen) atoms. The predicted octanol–water partition coefficient (Wildman–Crippen LogP) is 2.66. The molecule has 1 N–H and O–H groups in total. The van der Waals surface area contributed by atoms with Gasteiger partial charge in [-0.3, -0.25) is 4.79 Å². The van der Waals surface area contributed by atoms with Crippen molar-refractivity contribution < 1.29 is 4.79 Å². The van der Waals surface area contributed by atoms with Gasteiger partial charge in [-0.2, -0.15) is 0 Å². The highest BCUT2D eigenvalue weighted by molar-refractivity contribution is 5.85. The molecule has 1 rings (SSSR count). The smallest absolute Gasteiger partial charge is 0.227 e. The van der Waals surface area contributed by atoms with E-state index in [2.05, 4.69) is 42.8 Å². The molecule has 1 saturated heterocycles. The molecule has 1 aliphatic rings. The summed E-state index contributed by atoms with van der Waals surface area (Å²) in [6.45, 7) is 15.5. The summed E-state index contributed by atoms with van der Waals surface area (Å²) in [6, 6.07) is 0. The predicted molar refractivity (Wildman–Crippen MR) is 99.3 cm³/mol. The van der Waals surface area contributed by atoms with E-state index in [1.807, 2.05) is 0 Å². The summed E-state index contributed by atoms with van der Waals surface area (Å²) in [4.78, 5) is 17.2. The van der Waals surface area contributed by atoms with E-state index >= 15 is 0 Å². The van der Waals surface area contributed by atoms with Gasteiger partial charge in [-0.05, 0) is 38.4 Å². The molecular weight excluding hydrogens is 321 g/mol. The zero-order chi connectivity index (χ0) is 15.0. The molecule has 1 heterocycles. The van der Waals surface area contributed by atoms with Crippen LogP contribution in [0.3, 0.4) is 0 Å². The number of rotatable bonds is 8. The molecule has 0 radical (unpaired) electrons. The number of carbonyl (C=O) groups is 1. The molecule has 0 bridgehead atoms. The Morgan fingerprint density at radius 3 is 2.27 bits per heavy atom. The van der Waals surface area contributed by atoms with Crippen molar-refractivity contribution >= 4 is 30.7 Å². The van der Waals surface area contributed by atoms with E-state index in [0.29, 0.717) is 11.8 Å². The quantitative estimate of drug-likeness (QED) is 0.726. The first-order valence-electron chi connectivity index (χ1n) is 8.30. The molecule has 0 saturated carbocycles.